The van der Waals surface area contributed by atoms with Crippen LogP contribution < -0.4 is 5.73 Å². The largest absolute Gasteiger partial charge is 0.396 e. The maximum atomic E-state index is 12.2. The van der Waals surface area contributed by atoms with Crippen molar-refractivity contribution < 1.29 is 9.90 Å². The third kappa shape index (κ3) is 3.19. The molecule has 0 spiro atoms. The molecule has 4 heteroatoms. The third-order valence-corrected chi connectivity index (χ3v) is 3.46. The van der Waals surface area contributed by atoms with Crippen molar-refractivity contribution in [3.63, 3.8) is 0 Å². The van der Waals surface area contributed by atoms with Gasteiger partial charge in [-0.2, -0.15) is 0 Å². The van der Waals surface area contributed by atoms with Gasteiger partial charge in [-0.1, -0.05) is 13.8 Å². The number of piperidine rings is 1. The van der Waals surface area contributed by atoms with E-state index in [-0.39, 0.29) is 30.3 Å². The van der Waals surface area contributed by atoms with Gasteiger partial charge in [0.15, 0.2) is 0 Å². The highest BCUT2D eigenvalue weighted by Crippen LogP contribution is 2.20. The number of amides is 1. The minimum atomic E-state index is -0.0718. The molecule has 0 aromatic rings. The molecule has 1 saturated heterocycles. The first-order chi connectivity index (χ1) is 7.60. The van der Waals surface area contributed by atoms with Crippen LogP contribution in [0.4, 0.5) is 0 Å². The summed E-state index contributed by atoms with van der Waals surface area (Å²) in [7, 11) is 0. The van der Waals surface area contributed by atoms with Crippen LogP contribution in [-0.2, 0) is 4.79 Å². The summed E-state index contributed by atoms with van der Waals surface area (Å²) in [6.07, 6.45) is 2.02. The van der Waals surface area contributed by atoms with Gasteiger partial charge in [-0.3, -0.25) is 4.79 Å². The molecule has 0 aromatic heterocycles. The van der Waals surface area contributed by atoms with Gasteiger partial charge >= 0.3 is 0 Å². The number of aliphatic hydroxyl groups excluding tert-OH is 1. The lowest BCUT2D eigenvalue weighted by atomic mass is 9.92. The Balaban J connectivity index is 2.58. The molecular formula is C12H24N2O2. The van der Waals surface area contributed by atoms with E-state index in [9.17, 15) is 4.79 Å². The standard InChI is InChI=1S/C12H24N2O2/c1-9(2)11(6-13)12(16)14-5-3-4-10(7-14)8-15/h9-11,15H,3-8,13H2,1-2H3. The summed E-state index contributed by atoms with van der Waals surface area (Å²) in [6, 6.07) is 0. The summed E-state index contributed by atoms with van der Waals surface area (Å²) in [5, 5.41) is 9.13. The molecule has 1 heterocycles. The number of aliphatic hydroxyl groups is 1. The van der Waals surface area contributed by atoms with Crippen molar-refractivity contribution in [1.29, 1.82) is 0 Å². The van der Waals surface area contributed by atoms with Crippen molar-refractivity contribution in [2.24, 2.45) is 23.5 Å². The molecule has 1 amide bonds. The smallest absolute Gasteiger partial charge is 0.227 e. The van der Waals surface area contributed by atoms with Crippen LogP contribution in [0.5, 0.6) is 0 Å². The molecule has 1 aliphatic heterocycles. The van der Waals surface area contributed by atoms with Crippen molar-refractivity contribution in [3.8, 4) is 0 Å². The first-order valence-corrected chi connectivity index (χ1v) is 6.19. The molecule has 0 radical (unpaired) electrons. The first kappa shape index (κ1) is 13.5. The topological polar surface area (TPSA) is 66.6 Å². The fourth-order valence-electron chi connectivity index (χ4n) is 2.31. The maximum absolute atomic E-state index is 12.2. The Morgan fingerprint density at radius 1 is 1.56 bits per heavy atom. The highest BCUT2D eigenvalue weighted by molar-refractivity contribution is 5.79. The molecule has 2 atom stereocenters. The molecule has 1 fully saturated rings. The molecule has 4 nitrogen and oxygen atoms in total. The van der Waals surface area contributed by atoms with E-state index in [0.717, 1.165) is 19.4 Å². The summed E-state index contributed by atoms with van der Waals surface area (Å²) >= 11 is 0. The number of carbonyl (C=O) groups is 1. The number of hydrogen-bond donors (Lipinski definition) is 2. The normalized spacial score (nSPS) is 23.6. The van der Waals surface area contributed by atoms with Gasteiger partial charge in [-0.15, -0.1) is 0 Å². The summed E-state index contributed by atoms with van der Waals surface area (Å²) < 4.78 is 0. The minimum absolute atomic E-state index is 0.0718. The third-order valence-electron chi connectivity index (χ3n) is 3.46. The Kier molecular flexibility index (Phi) is 5.22. The fraction of sp³-hybridized carbons (Fsp3) is 0.917. The summed E-state index contributed by atoms with van der Waals surface area (Å²) in [5.74, 6) is 0.628. The zero-order valence-electron chi connectivity index (χ0n) is 10.4. The number of nitrogens with two attached hydrogens (primary N) is 1. The van der Waals surface area contributed by atoms with Gasteiger partial charge in [0, 0.05) is 26.2 Å². The number of hydrogen-bond acceptors (Lipinski definition) is 3. The van der Waals surface area contributed by atoms with Crippen molar-refractivity contribution in [1.82, 2.24) is 4.90 Å². The molecule has 1 aliphatic rings. The Labute approximate surface area is 97.8 Å². The summed E-state index contributed by atoms with van der Waals surface area (Å²) in [6.45, 7) is 6.17. The Hall–Kier alpha value is -0.610. The van der Waals surface area contributed by atoms with Crippen LogP contribution in [0.3, 0.4) is 0 Å². The predicted molar refractivity (Wildman–Crippen MR) is 63.8 cm³/mol. The highest BCUT2D eigenvalue weighted by Gasteiger charge is 2.29. The molecular weight excluding hydrogens is 204 g/mol. The van der Waals surface area contributed by atoms with E-state index >= 15 is 0 Å². The Morgan fingerprint density at radius 2 is 2.25 bits per heavy atom. The van der Waals surface area contributed by atoms with Gasteiger partial charge in [-0.05, 0) is 24.7 Å². The lowest BCUT2D eigenvalue weighted by Gasteiger charge is -2.35. The maximum Gasteiger partial charge on any atom is 0.227 e. The average Bonchev–Trinajstić information content (AvgIpc) is 2.29. The van der Waals surface area contributed by atoms with Crippen LogP contribution in [-0.4, -0.2) is 42.2 Å². The number of likely N-dealkylation sites (tertiary alicyclic amines) is 1. The molecule has 0 saturated carbocycles. The average molecular weight is 228 g/mol. The van der Waals surface area contributed by atoms with Gasteiger partial charge in [-0.25, -0.2) is 0 Å². The van der Waals surface area contributed by atoms with E-state index in [4.69, 9.17) is 10.8 Å². The second-order valence-corrected chi connectivity index (χ2v) is 5.06. The molecule has 0 bridgehead atoms. The van der Waals surface area contributed by atoms with E-state index in [1.807, 2.05) is 18.7 Å². The molecule has 16 heavy (non-hydrogen) atoms. The second kappa shape index (κ2) is 6.21. The van der Waals surface area contributed by atoms with Crippen molar-refractivity contribution >= 4 is 5.91 Å². The zero-order valence-corrected chi connectivity index (χ0v) is 10.4. The van der Waals surface area contributed by atoms with Crippen LogP contribution in [0.1, 0.15) is 26.7 Å². The molecule has 1 rings (SSSR count). The van der Waals surface area contributed by atoms with Crippen molar-refractivity contribution in [2.75, 3.05) is 26.2 Å². The molecule has 94 valence electrons. The summed E-state index contributed by atoms with van der Waals surface area (Å²) in [5.41, 5.74) is 5.65. The lowest BCUT2D eigenvalue weighted by Crippen LogP contribution is -2.46. The number of nitrogens with zero attached hydrogens (tertiary/aromatic N) is 1. The van der Waals surface area contributed by atoms with Crippen LogP contribution in [0.2, 0.25) is 0 Å². The van der Waals surface area contributed by atoms with Crippen molar-refractivity contribution in [3.05, 3.63) is 0 Å². The molecule has 2 unspecified atom stereocenters. The van der Waals surface area contributed by atoms with Gasteiger partial charge in [0.1, 0.15) is 0 Å². The van der Waals surface area contributed by atoms with Gasteiger partial charge in [0.25, 0.3) is 0 Å². The molecule has 0 aliphatic carbocycles. The number of rotatable bonds is 4. The minimum Gasteiger partial charge on any atom is -0.396 e. The monoisotopic (exact) mass is 228 g/mol. The second-order valence-electron chi connectivity index (χ2n) is 5.06. The van der Waals surface area contributed by atoms with Crippen LogP contribution in [0, 0.1) is 17.8 Å². The SMILES string of the molecule is CC(C)C(CN)C(=O)N1CCCC(CO)C1. The van der Waals surface area contributed by atoms with Gasteiger partial charge < -0.3 is 15.7 Å². The first-order valence-electron chi connectivity index (χ1n) is 6.19. The van der Waals surface area contributed by atoms with Crippen LogP contribution in [0.25, 0.3) is 0 Å². The zero-order chi connectivity index (χ0) is 12.1. The highest BCUT2D eigenvalue weighted by atomic mass is 16.3. The quantitative estimate of drug-likeness (QED) is 0.734. The molecule has 3 N–H and O–H groups in total. The van der Waals surface area contributed by atoms with E-state index in [1.165, 1.54) is 0 Å². The predicted octanol–water partition coefficient (Wildman–Crippen LogP) is 0.448. The number of carbonyl (C=O) groups excluding carboxylic acids is 1. The van der Waals surface area contributed by atoms with Crippen LogP contribution in [0.15, 0.2) is 0 Å². The molecule has 0 aromatic carbocycles. The lowest BCUT2D eigenvalue weighted by molar-refractivity contribution is -0.138. The van der Waals surface area contributed by atoms with E-state index < -0.39 is 0 Å². The summed E-state index contributed by atoms with van der Waals surface area (Å²) in [4.78, 5) is 14.1. The van der Waals surface area contributed by atoms with Crippen molar-refractivity contribution in [2.45, 2.75) is 26.7 Å². The van der Waals surface area contributed by atoms with Gasteiger partial charge in [0.05, 0.1) is 5.92 Å². The fourth-order valence-corrected chi connectivity index (χ4v) is 2.31. The van der Waals surface area contributed by atoms with E-state index in [0.29, 0.717) is 13.1 Å². The van der Waals surface area contributed by atoms with Crippen LogP contribution >= 0.6 is 0 Å². The van der Waals surface area contributed by atoms with E-state index in [1.54, 1.807) is 0 Å². The van der Waals surface area contributed by atoms with Gasteiger partial charge in [0.2, 0.25) is 5.91 Å². The van der Waals surface area contributed by atoms with E-state index in [2.05, 4.69) is 0 Å². The Bertz CT molecular complexity index is 231. The Morgan fingerprint density at radius 3 is 2.75 bits per heavy atom.